The Kier molecular flexibility index (Phi) is 9.21. The molecule has 178 valence electrons. The predicted molar refractivity (Wildman–Crippen MR) is 146 cm³/mol. The number of allylic oxidation sites excluding steroid dienone is 1. The summed E-state index contributed by atoms with van der Waals surface area (Å²) in [6.45, 7) is 7.41. The summed E-state index contributed by atoms with van der Waals surface area (Å²) >= 11 is -0.510. The molecule has 1 aromatic rings. The fourth-order valence-electron chi connectivity index (χ4n) is 7.60. The first kappa shape index (κ1) is 25.2. The maximum atomic E-state index is 2.85. The number of hydrogen-bond donors (Lipinski definition) is 0. The molecule has 2 heteroatoms. The number of hydrogen-bond acceptors (Lipinski definition) is 1. The standard InChI is InChI=1S/C12H15S.3C6H11.Sn/c1-12(2,3)9-10-13-11-7-5-4-6-8-11;3*1-2-4-6-5-3-1;/h4-9H,1-3H3;3*1H,2-6H2;. The van der Waals surface area contributed by atoms with Gasteiger partial charge < -0.3 is 0 Å². The molecule has 1 aromatic carbocycles. The van der Waals surface area contributed by atoms with Crippen molar-refractivity contribution in [2.45, 2.75) is 134 Å². The van der Waals surface area contributed by atoms with Crippen LogP contribution in [-0.2, 0) is 0 Å². The average Bonchev–Trinajstić information content (AvgIpc) is 2.81. The number of thioether (sulfide) groups is 1. The SMILES string of the molecule is CC(C)(C)/C=[C](\Sc1ccccc1)[Sn]([CH]1CCCCC1)([CH]1CCCCC1)[CH]1CCCCC1. The third kappa shape index (κ3) is 6.02. The van der Waals surface area contributed by atoms with E-state index in [9.17, 15) is 0 Å². The monoisotopic (exact) mass is 560 g/mol. The van der Waals surface area contributed by atoms with Crippen molar-refractivity contribution in [1.82, 2.24) is 0 Å². The van der Waals surface area contributed by atoms with Crippen molar-refractivity contribution in [2.24, 2.45) is 5.41 Å². The molecule has 0 saturated heterocycles. The van der Waals surface area contributed by atoms with Gasteiger partial charge in [0.25, 0.3) is 0 Å². The van der Waals surface area contributed by atoms with E-state index in [1.165, 1.54) is 62.7 Å². The van der Waals surface area contributed by atoms with Gasteiger partial charge in [-0.25, -0.2) is 0 Å². The van der Waals surface area contributed by atoms with Crippen molar-refractivity contribution in [3.05, 3.63) is 39.3 Å². The van der Waals surface area contributed by atoms with Gasteiger partial charge in [-0.2, -0.15) is 0 Å². The summed E-state index contributed by atoms with van der Waals surface area (Å²) in [5.41, 5.74) is 0.275. The molecular formula is C30H48SSn. The first-order chi connectivity index (χ1) is 15.5. The second kappa shape index (κ2) is 11.7. The fraction of sp³-hybridized carbons (Fsp3) is 0.733. The Morgan fingerprint density at radius 2 is 1.09 bits per heavy atom. The summed E-state index contributed by atoms with van der Waals surface area (Å²) in [7, 11) is 0. The maximum absolute atomic E-state index is 2.85. The van der Waals surface area contributed by atoms with E-state index in [4.69, 9.17) is 0 Å². The van der Waals surface area contributed by atoms with Gasteiger partial charge in [-0.05, 0) is 0 Å². The first-order valence-electron chi connectivity index (χ1n) is 14.0. The van der Waals surface area contributed by atoms with Gasteiger partial charge in [-0.3, -0.25) is 0 Å². The molecule has 0 atom stereocenters. The van der Waals surface area contributed by atoms with Crippen LogP contribution in [0.5, 0.6) is 0 Å². The molecule has 3 aliphatic rings. The van der Waals surface area contributed by atoms with E-state index >= 15 is 0 Å². The zero-order valence-corrected chi connectivity index (χ0v) is 24.9. The molecule has 0 nitrogen and oxygen atoms in total. The first-order valence-corrected chi connectivity index (χ1v) is 21.1. The summed E-state index contributed by atoms with van der Waals surface area (Å²) < 4.78 is 5.31. The van der Waals surface area contributed by atoms with Crippen LogP contribution in [0.3, 0.4) is 0 Å². The Bertz CT molecular complexity index is 667. The fourth-order valence-corrected chi connectivity index (χ4v) is 37.4. The average molecular weight is 559 g/mol. The van der Waals surface area contributed by atoms with E-state index < -0.39 is 18.4 Å². The van der Waals surface area contributed by atoms with Crippen LogP contribution in [0.25, 0.3) is 0 Å². The molecule has 0 spiro atoms. The van der Waals surface area contributed by atoms with E-state index in [0.29, 0.717) is 0 Å². The van der Waals surface area contributed by atoms with Crippen molar-refractivity contribution in [3.8, 4) is 0 Å². The third-order valence-corrected chi connectivity index (χ3v) is 32.3. The van der Waals surface area contributed by atoms with Gasteiger partial charge in [0.2, 0.25) is 0 Å². The van der Waals surface area contributed by atoms with Crippen molar-refractivity contribution < 1.29 is 0 Å². The third-order valence-electron chi connectivity index (χ3n) is 8.80. The van der Waals surface area contributed by atoms with Crippen LogP contribution in [-0.4, -0.2) is 18.4 Å². The molecule has 32 heavy (non-hydrogen) atoms. The predicted octanol–water partition coefficient (Wildman–Crippen LogP) is 10.7. The minimum absolute atomic E-state index is 0.275. The van der Waals surface area contributed by atoms with Crippen LogP contribution in [0.1, 0.15) is 117 Å². The molecule has 0 unspecified atom stereocenters. The van der Waals surface area contributed by atoms with Crippen molar-refractivity contribution in [1.29, 1.82) is 0 Å². The Hall–Kier alpha value is 0.109. The molecule has 0 aliphatic heterocycles. The molecule has 3 saturated carbocycles. The summed E-state index contributed by atoms with van der Waals surface area (Å²) in [5.74, 6) is 0. The van der Waals surface area contributed by atoms with Gasteiger partial charge in [0, 0.05) is 0 Å². The summed E-state index contributed by atoms with van der Waals surface area (Å²) in [6.07, 6.45) is 25.8. The van der Waals surface area contributed by atoms with Crippen LogP contribution >= 0.6 is 11.8 Å². The minimum atomic E-state index is -2.77. The van der Waals surface area contributed by atoms with E-state index in [2.05, 4.69) is 68.9 Å². The van der Waals surface area contributed by atoms with Gasteiger partial charge in [0.05, 0.1) is 0 Å². The van der Waals surface area contributed by atoms with E-state index in [-0.39, 0.29) is 5.41 Å². The number of benzene rings is 1. The molecule has 0 radical (unpaired) electrons. The topological polar surface area (TPSA) is 0 Å². The zero-order chi connectivity index (χ0) is 22.4. The molecular weight excluding hydrogens is 511 g/mol. The van der Waals surface area contributed by atoms with E-state index in [0.717, 1.165) is 11.8 Å². The summed E-state index contributed by atoms with van der Waals surface area (Å²) in [5, 5.41) is 0. The van der Waals surface area contributed by atoms with Crippen LogP contribution in [0.15, 0.2) is 44.2 Å². The molecule has 0 heterocycles. The Morgan fingerprint density at radius 3 is 1.47 bits per heavy atom. The second-order valence-electron chi connectivity index (χ2n) is 12.2. The van der Waals surface area contributed by atoms with E-state index in [1.54, 1.807) is 38.5 Å². The quantitative estimate of drug-likeness (QED) is 0.247. The molecule has 0 N–H and O–H groups in total. The number of rotatable bonds is 6. The molecule has 0 bridgehead atoms. The van der Waals surface area contributed by atoms with Gasteiger partial charge in [-0.15, -0.1) is 0 Å². The van der Waals surface area contributed by atoms with Crippen molar-refractivity contribution in [3.63, 3.8) is 0 Å². The van der Waals surface area contributed by atoms with Gasteiger partial charge in [0.15, 0.2) is 0 Å². The van der Waals surface area contributed by atoms with E-state index in [1.807, 2.05) is 2.92 Å². The normalized spacial score (nSPS) is 23.4. The van der Waals surface area contributed by atoms with Crippen LogP contribution in [0.4, 0.5) is 0 Å². The summed E-state index contributed by atoms with van der Waals surface area (Å²) in [4.78, 5) is 1.51. The molecule has 3 aliphatic carbocycles. The van der Waals surface area contributed by atoms with Crippen LogP contribution in [0.2, 0.25) is 11.8 Å². The second-order valence-corrected chi connectivity index (χ2v) is 28.2. The Balaban J connectivity index is 1.87. The Labute approximate surface area is 207 Å². The molecule has 0 aromatic heterocycles. The van der Waals surface area contributed by atoms with Crippen LogP contribution in [0, 0.1) is 5.41 Å². The Morgan fingerprint density at radius 1 is 0.688 bits per heavy atom. The van der Waals surface area contributed by atoms with Gasteiger partial charge >= 0.3 is 209 Å². The van der Waals surface area contributed by atoms with Crippen molar-refractivity contribution >= 4 is 30.1 Å². The van der Waals surface area contributed by atoms with Gasteiger partial charge in [-0.1, -0.05) is 0 Å². The molecule has 0 amide bonds. The summed E-state index contributed by atoms with van der Waals surface area (Å²) in [6, 6.07) is 11.5. The molecule has 3 fully saturated rings. The molecule has 4 rings (SSSR count). The van der Waals surface area contributed by atoms with Crippen molar-refractivity contribution in [2.75, 3.05) is 0 Å². The zero-order valence-electron chi connectivity index (χ0n) is 21.2. The van der Waals surface area contributed by atoms with Crippen LogP contribution < -0.4 is 0 Å². The van der Waals surface area contributed by atoms with Gasteiger partial charge in [0.1, 0.15) is 0 Å².